The van der Waals surface area contributed by atoms with E-state index >= 15 is 0 Å². The second kappa shape index (κ2) is 5.30. The average molecular weight is 336 g/mol. The first-order chi connectivity index (χ1) is 9.64. The molecular formula is C15H18BrN3O. The number of rotatable bonds is 3. The van der Waals surface area contributed by atoms with Crippen molar-refractivity contribution in [2.45, 2.75) is 32.1 Å². The van der Waals surface area contributed by atoms with Gasteiger partial charge in [0, 0.05) is 16.6 Å². The molecule has 1 aliphatic rings. The number of benzene rings is 1. The van der Waals surface area contributed by atoms with Crippen molar-refractivity contribution in [3.05, 3.63) is 34.1 Å². The summed E-state index contributed by atoms with van der Waals surface area (Å²) < 4.78 is 6.63. The third-order valence-corrected chi connectivity index (χ3v) is 4.72. The summed E-state index contributed by atoms with van der Waals surface area (Å²) in [6.45, 7) is 6.18. The molecule has 1 unspecified atom stereocenters. The number of hydrogen-bond donors (Lipinski definition) is 1. The Morgan fingerprint density at radius 3 is 2.95 bits per heavy atom. The molecule has 5 heteroatoms. The van der Waals surface area contributed by atoms with Crippen LogP contribution in [-0.4, -0.2) is 23.2 Å². The number of hydrogen-bond acceptors (Lipinski definition) is 4. The smallest absolute Gasteiger partial charge is 0.234 e. The first kappa shape index (κ1) is 13.8. The molecule has 1 saturated heterocycles. The van der Waals surface area contributed by atoms with Crippen molar-refractivity contribution in [1.82, 2.24) is 15.5 Å². The molecule has 1 fully saturated rings. The topological polar surface area (TPSA) is 51.0 Å². The number of nitrogens with one attached hydrogen (secondary N) is 1. The summed E-state index contributed by atoms with van der Waals surface area (Å²) >= 11 is 3.48. The van der Waals surface area contributed by atoms with Gasteiger partial charge in [-0.15, -0.1) is 0 Å². The fraction of sp³-hybridized carbons (Fsp3) is 0.467. The van der Waals surface area contributed by atoms with Gasteiger partial charge in [-0.3, -0.25) is 0 Å². The maximum atomic E-state index is 5.57. The normalized spacial score (nSPS) is 22.4. The lowest BCUT2D eigenvalue weighted by molar-refractivity contribution is 0.285. The van der Waals surface area contributed by atoms with Gasteiger partial charge in [-0.2, -0.15) is 4.98 Å². The molecule has 106 valence electrons. The predicted octanol–water partition coefficient (Wildman–Crippen LogP) is 3.45. The van der Waals surface area contributed by atoms with E-state index in [4.69, 9.17) is 4.52 Å². The van der Waals surface area contributed by atoms with Crippen LogP contribution in [0.4, 0.5) is 0 Å². The molecule has 1 aliphatic heterocycles. The van der Waals surface area contributed by atoms with Crippen LogP contribution in [0.3, 0.4) is 0 Å². The molecule has 1 N–H and O–H groups in total. The van der Waals surface area contributed by atoms with Crippen molar-refractivity contribution >= 4 is 15.9 Å². The van der Waals surface area contributed by atoms with Gasteiger partial charge < -0.3 is 9.84 Å². The number of nitrogens with zero attached hydrogens (tertiary/aromatic N) is 2. The number of aromatic nitrogens is 2. The average Bonchev–Trinajstić information content (AvgIpc) is 3.08. The van der Waals surface area contributed by atoms with Gasteiger partial charge in [-0.05, 0) is 50.1 Å². The minimum atomic E-state index is 0.00845. The van der Waals surface area contributed by atoms with E-state index in [2.05, 4.69) is 51.3 Å². The standard InChI is InChI=1S/C15H18BrN3O/c1-3-15(6-7-17-9-15)14-18-13(19-20-14)12-5-4-11(16)8-10(12)2/h4-5,8,17H,3,6-7,9H2,1-2H3. The van der Waals surface area contributed by atoms with Crippen LogP contribution < -0.4 is 5.32 Å². The van der Waals surface area contributed by atoms with Gasteiger partial charge >= 0.3 is 0 Å². The van der Waals surface area contributed by atoms with Gasteiger partial charge in [-0.25, -0.2) is 0 Å². The molecule has 20 heavy (non-hydrogen) atoms. The summed E-state index contributed by atoms with van der Waals surface area (Å²) in [5.41, 5.74) is 2.18. The van der Waals surface area contributed by atoms with Crippen LogP contribution in [0.2, 0.25) is 0 Å². The molecule has 0 radical (unpaired) electrons. The largest absolute Gasteiger partial charge is 0.338 e. The Hall–Kier alpha value is -1.20. The van der Waals surface area contributed by atoms with E-state index in [1.54, 1.807) is 0 Å². The van der Waals surface area contributed by atoms with Gasteiger partial charge in [0.2, 0.25) is 11.7 Å². The van der Waals surface area contributed by atoms with Crippen molar-refractivity contribution in [2.75, 3.05) is 13.1 Å². The van der Waals surface area contributed by atoms with Crippen LogP contribution in [0.15, 0.2) is 27.2 Å². The Labute approximate surface area is 127 Å². The van der Waals surface area contributed by atoms with Crippen molar-refractivity contribution in [3.63, 3.8) is 0 Å². The quantitative estimate of drug-likeness (QED) is 0.933. The van der Waals surface area contributed by atoms with Gasteiger partial charge in [-0.1, -0.05) is 28.0 Å². The maximum absolute atomic E-state index is 5.57. The molecule has 1 atom stereocenters. The van der Waals surface area contributed by atoms with E-state index < -0.39 is 0 Å². The van der Waals surface area contributed by atoms with E-state index in [0.717, 1.165) is 47.4 Å². The molecule has 3 rings (SSSR count). The molecule has 0 saturated carbocycles. The second-order valence-electron chi connectivity index (χ2n) is 5.44. The van der Waals surface area contributed by atoms with E-state index in [-0.39, 0.29) is 5.41 Å². The van der Waals surface area contributed by atoms with Crippen LogP contribution in [0, 0.1) is 6.92 Å². The number of aryl methyl sites for hydroxylation is 1. The van der Waals surface area contributed by atoms with Gasteiger partial charge in [0.25, 0.3) is 0 Å². The molecule has 0 amide bonds. The first-order valence-corrected chi connectivity index (χ1v) is 7.75. The molecular weight excluding hydrogens is 318 g/mol. The highest BCUT2D eigenvalue weighted by Crippen LogP contribution is 2.34. The van der Waals surface area contributed by atoms with Gasteiger partial charge in [0.05, 0.1) is 5.41 Å². The zero-order chi connectivity index (χ0) is 14.2. The minimum absolute atomic E-state index is 0.00845. The second-order valence-corrected chi connectivity index (χ2v) is 6.36. The Morgan fingerprint density at radius 2 is 2.30 bits per heavy atom. The zero-order valence-electron chi connectivity index (χ0n) is 11.7. The predicted molar refractivity (Wildman–Crippen MR) is 81.6 cm³/mol. The maximum Gasteiger partial charge on any atom is 0.234 e. The molecule has 2 aromatic rings. The van der Waals surface area contributed by atoms with Crippen molar-refractivity contribution in [2.24, 2.45) is 0 Å². The summed E-state index contributed by atoms with van der Waals surface area (Å²) in [5, 5.41) is 7.58. The monoisotopic (exact) mass is 335 g/mol. The van der Waals surface area contributed by atoms with Crippen LogP contribution >= 0.6 is 15.9 Å². The molecule has 1 aromatic carbocycles. The van der Waals surface area contributed by atoms with E-state index in [0.29, 0.717) is 5.82 Å². The zero-order valence-corrected chi connectivity index (χ0v) is 13.3. The summed E-state index contributed by atoms with van der Waals surface area (Å²) in [5.74, 6) is 1.45. The molecule has 0 aliphatic carbocycles. The first-order valence-electron chi connectivity index (χ1n) is 6.96. The third kappa shape index (κ3) is 2.29. The minimum Gasteiger partial charge on any atom is -0.338 e. The highest BCUT2D eigenvalue weighted by molar-refractivity contribution is 9.10. The Morgan fingerprint density at radius 1 is 1.45 bits per heavy atom. The Kier molecular flexibility index (Phi) is 3.65. The molecule has 2 heterocycles. The summed E-state index contributed by atoms with van der Waals surface area (Å²) in [6, 6.07) is 6.10. The lowest BCUT2D eigenvalue weighted by atomic mass is 9.84. The van der Waals surface area contributed by atoms with Crippen LogP contribution in [0.5, 0.6) is 0 Å². The lowest BCUT2D eigenvalue weighted by Gasteiger charge is -2.20. The molecule has 1 aromatic heterocycles. The van der Waals surface area contributed by atoms with E-state index in [1.165, 1.54) is 0 Å². The van der Waals surface area contributed by atoms with Crippen LogP contribution in [0.25, 0.3) is 11.4 Å². The summed E-state index contributed by atoms with van der Waals surface area (Å²) in [6.07, 6.45) is 2.07. The fourth-order valence-corrected chi connectivity index (χ4v) is 3.28. The molecule has 0 bridgehead atoms. The third-order valence-electron chi connectivity index (χ3n) is 4.23. The SMILES string of the molecule is CCC1(c2nc(-c3ccc(Br)cc3C)no2)CCNC1. The van der Waals surface area contributed by atoms with Gasteiger partial charge in [0.15, 0.2) is 0 Å². The van der Waals surface area contributed by atoms with Crippen molar-refractivity contribution in [1.29, 1.82) is 0 Å². The Bertz CT molecular complexity index is 617. The van der Waals surface area contributed by atoms with Crippen molar-refractivity contribution < 1.29 is 4.52 Å². The summed E-state index contributed by atoms with van der Waals surface area (Å²) in [7, 11) is 0. The highest BCUT2D eigenvalue weighted by Gasteiger charge is 2.39. The lowest BCUT2D eigenvalue weighted by Crippen LogP contribution is -2.28. The molecule has 0 spiro atoms. The van der Waals surface area contributed by atoms with Crippen molar-refractivity contribution in [3.8, 4) is 11.4 Å². The number of halogens is 1. The highest BCUT2D eigenvalue weighted by atomic mass is 79.9. The Balaban J connectivity index is 1.97. The van der Waals surface area contributed by atoms with Gasteiger partial charge in [0.1, 0.15) is 0 Å². The van der Waals surface area contributed by atoms with E-state index in [9.17, 15) is 0 Å². The summed E-state index contributed by atoms with van der Waals surface area (Å²) in [4.78, 5) is 4.66. The van der Waals surface area contributed by atoms with E-state index in [1.807, 2.05) is 12.1 Å². The fourth-order valence-electron chi connectivity index (χ4n) is 2.81. The van der Waals surface area contributed by atoms with Crippen LogP contribution in [0.1, 0.15) is 31.2 Å². The van der Waals surface area contributed by atoms with Crippen LogP contribution in [-0.2, 0) is 5.41 Å². The molecule has 4 nitrogen and oxygen atoms in total.